The Morgan fingerprint density at radius 1 is 1.00 bits per heavy atom. The molecule has 0 bridgehead atoms. The number of unbranched alkanes of at least 4 members (excludes halogenated alkanes) is 4. The molecule has 0 radical (unpaired) electrons. The standard InChI is InChI=1S/C15H22O/c1-2-3-4-5-6-10-13-16-14-15-11-8-7-9-12-15/h2,7-9,11-12H,1,3-6,10,13-14H2. The highest BCUT2D eigenvalue weighted by Gasteiger charge is 1.92. The van der Waals surface area contributed by atoms with Gasteiger partial charge >= 0.3 is 0 Å². The number of hydrogen-bond acceptors (Lipinski definition) is 1. The summed E-state index contributed by atoms with van der Waals surface area (Å²) in [5.41, 5.74) is 1.26. The molecule has 1 nitrogen and oxygen atoms in total. The van der Waals surface area contributed by atoms with Crippen molar-refractivity contribution < 1.29 is 4.74 Å². The van der Waals surface area contributed by atoms with Crippen LogP contribution in [-0.2, 0) is 11.3 Å². The molecule has 1 heteroatoms. The largest absolute Gasteiger partial charge is 0.377 e. The third-order valence-corrected chi connectivity index (χ3v) is 2.56. The van der Waals surface area contributed by atoms with Crippen molar-refractivity contribution in [3.8, 4) is 0 Å². The zero-order valence-corrected chi connectivity index (χ0v) is 10.0. The lowest BCUT2D eigenvalue weighted by Crippen LogP contribution is -1.95. The summed E-state index contributed by atoms with van der Waals surface area (Å²) in [6.07, 6.45) is 8.13. The molecule has 0 saturated carbocycles. The highest BCUT2D eigenvalue weighted by atomic mass is 16.5. The van der Waals surface area contributed by atoms with Crippen LogP contribution < -0.4 is 0 Å². The maximum atomic E-state index is 5.61. The lowest BCUT2D eigenvalue weighted by atomic mass is 10.1. The van der Waals surface area contributed by atoms with Crippen molar-refractivity contribution in [2.45, 2.75) is 38.7 Å². The van der Waals surface area contributed by atoms with Crippen LogP contribution in [-0.4, -0.2) is 6.61 Å². The van der Waals surface area contributed by atoms with E-state index in [1.54, 1.807) is 0 Å². The van der Waals surface area contributed by atoms with Crippen LogP contribution in [0.25, 0.3) is 0 Å². The Morgan fingerprint density at radius 2 is 1.75 bits per heavy atom. The third-order valence-electron chi connectivity index (χ3n) is 2.56. The van der Waals surface area contributed by atoms with Crippen molar-refractivity contribution in [1.82, 2.24) is 0 Å². The molecule has 0 heterocycles. The molecule has 0 amide bonds. The van der Waals surface area contributed by atoms with Crippen LogP contribution in [0.5, 0.6) is 0 Å². The Bertz CT molecular complexity index is 266. The van der Waals surface area contributed by atoms with E-state index >= 15 is 0 Å². The van der Waals surface area contributed by atoms with Gasteiger partial charge in [-0.25, -0.2) is 0 Å². The van der Waals surface area contributed by atoms with Gasteiger partial charge < -0.3 is 4.74 Å². The van der Waals surface area contributed by atoms with Gasteiger partial charge in [-0.05, 0) is 24.8 Å². The van der Waals surface area contributed by atoms with Crippen molar-refractivity contribution >= 4 is 0 Å². The Labute approximate surface area is 99.1 Å². The smallest absolute Gasteiger partial charge is 0.0716 e. The number of hydrogen-bond donors (Lipinski definition) is 0. The molecule has 0 aliphatic carbocycles. The lowest BCUT2D eigenvalue weighted by Gasteiger charge is -2.04. The van der Waals surface area contributed by atoms with Gasteiger partial charge in [0.1, 0.15) is 0 Å². The molecule has 1 aromatic carbocycles. The summed E-state index contributed by atoms with van der Waals surface area (Å²) < 4.78 is 5.61. The second-order valence-corrected chi connectivity index (χ2v) is 4.03. The second-order valence-electron chi connectivity index (χ2n) is 4.03. The first kappa shape index (κ1) is 13.0. The van der Waals surface area contributed by atoms with E-state index in [0.717, 1.165) is 19.6 Å². The van der Waals surface area contributed by atoms with Crippen molar-refractivity contribution in [1.29, 1.82) is 0 Å². The molecule has 0 aliphatic heterocycles. The SMILES string of the molecule is C=CCCCCCCOCc1ccccc1. The molecular weight excluding hydrogens is 196 g/mol. The number of rotatable bonds is 9. The van der Waals surface area contributed by atoms with Crippen LogP contribution in [0.15, 0.2) is 43.0 Å². The predicted octanol–water partition coefficient (Wildman–Crippen LogP) is 4.34. The van der Waals surface area contributed by atoms with E-state index in [9.17, 15) is 0 Å². The first-order chi connectivity index (χ1) is 7.93. The minimum absolute atomic E-state index is 0.744. The molecule has 0 spiro atoms. The van der Waals surface area contributed by atoms with Gasteiger partial charge in [0, 0.05) is 6.61 Å². The van der Waals surface area contributed by atoms with E-state index in [1.807, 2.05) is 24.3 Å². The average Bonchev–Trinajstić information content (AvgIpc) is 2.34. The fourth-order valence-electron chi connectivity index (χ4n) is 1.61. The Kier molecular flexibility index (Phi) is 7.44. The Hall–Kier alpha value is -1.08. The van der Waals surface area contributed by atoms with Gasteiger partial charge in [0.15, 0.2) is 0 Å². The second kappa shape index (κ2) is 9.17. The molecule has 0 N–H and O–H groups in total. The summed E-state index contributed by atoms with van der Waals surface area (Å²) in [5.74, 6) is 0. The number of ether oxygens (including phenoxy) is 1. The van der Waals surface area contributed by atoms with Crippen molar-refractivity contribution in [2.75, 3.05) is 6.61 Å². The van der Waals surface area contributed by atoms with Gasteiger partial charge in [-0.3, -0.25) is 0 Å². The van der Waals surface area contributed by atoms with Gasteiger partial charge in [0.25, 0.3) is 0 Å². The minimum Gasteiger partial charge on any atom is -0.377 e. The van der Waals surface area contributed by atoms with E-state index in [0.29, 0.717) is 0 Å². The van der Waals surface area contributed by atoms with Crippen LogP contribution >= 0.6 is 0 Å². The van der Waals surface area contributed by atoms with Gasteiger partial charge in [-0.15, -0.1) is 6.58 Å². The maximum Gasteiger partial charge on any atom is 0.0716 e. The highest BCUT2D eigenvalue weighted by Crippen LogP contribution is 2.05. The summed E-state index contributed by atoms with van der Waals surface area (Å²) >= 11 is 0. The highest BCUT2D eigenvalue weighted by molar-refractivity contribution is 5.13. The van der Waals surface area contributed by atoms with Crippen LogP contribution in [0.2, 0.25) is 0 Å². The molecule has 1 aromatic rings. The van der Waals surface area contributed by atoms with Crippen LogP contribution in [0.1, 0.15) is 37.7 Å². The molecule has 1 rings (SSSR count). The van der Waals surface area contributed by atoms with Gasteiger partial charge in [0.2, 0.25) is 0 Å². The molecule has 0 aliphatic rings. The van der Waals surface area contributed by atoms with E-state index in [1.165, 1.54) is 31.2 Å². The maximum absolute atomic E-state index is 5.61. The summed E-state index contributed by atoms with van der Waals surface area (Å²) in [7, 11) is 0. The summed E-state index contributed by atoms with van der Waals surface area (Å²) in [6.45, 7) is 5.34. The summed E-state index contributed by atoms with van der Waals surface area (Å²) in [4.78, 5) is 0. The zero-order valence-electron chi connectivity index (χ0n) is 10.0. The molecule has 0 saturated heterocycles. The Balaban J connectivity index is 1.90. The van der Waals surface area contributed by atoms with Gasteiger partial charge in [0.05, 0.1) is 6.61 Å². The normalized spacial score (nSPS) is 10.2. The molecule has 88 valence electrons. The van der Waals surface area contributed by atoms with Crippen molar-refractivity contribution in [2.24, 2.45) is 0 Å². The first-order valence-electron chi connectivity index (χ1n) is 6.16. The third kappa shape index (κ3) is 6.41. The van der Waals surface area contributed by atoms with Crippen molar-refractivity contribution in [3.05, 3.63) is 48.6 Å². The topological polar surface area (TPSA) is 9.23 Å². The molecule has 0 unspecified atom stereocenters. The number of allylic oxidation sites excluding steroid dienone is 1. The Morgan fingerprint density at radius 3 is 2.50 bits per heavy atom. The van der Waals surface area contributed by atoms with Crippen LogP contribution in [0, 0.1) is 0 Å². The first-order valence-corrected chi connectivity index (χ1v) is 6.16. The van der Waals surface area contributed by atoms with E-state index in [-0.39, 0.29) is 0 Å². The molecule has 0 atom stereocenters. The summed E-state index contributed by atoms with van der Waals surface area (Å²) in [5, 5.41) is 0. The quantitative estimate of drug-likeness (QED) is 0.442. The van der Waals surface area contributed by atoms with Gasteiger partial charge in [-0.2, -0.15) is 0 Å². The minimum atomic E-state index is 0.744. The van der Waals surface area contributed by atoms with E-state index in [4.69, 9.17) is 4.74 Å². The monoisotopic (exact) mass is 218 g/mol. The van der Waals surface area contributed by atoms with Gasteiger partial charge in [-0.1, -0.05) is 49.2 Å². The van der Waals surface area contributed by atoms with Crippen LogP contribution in [0.3, 0.4) is 0 Å². The van der Waals surface area contributed by atoms with Crippen molar-refractivity contribution in [3.63, 3.8) is 0 Å². The zero-order chi connectivity index (χ0) is 11.5. The molecular formula is C15H22O. The molecule has 0 aromatic heterocycles. The lowest BCUT2D eigenvalue weighted by molar-refractivity contribution is 0.117. The average molecular weight is 218 g/mol. The number of benzene rings is 1. The molecule has 0 fully saturated rings. The fraction of sp³-hybridized carbons (Fsp3) is 0.467. The van der Waals surface area contributed by atoms with E-state index < -0.39 is 0 Å². The fourth-order valence-corrected chi connectivity index (χ4v) is 1.61. The van der Waals surface area contributed by atoms with E-state index in [2.05, 4.69) is 18.7 Å². The van der Waals surface area contributed by atoms with Crippen LogP contribution in [0.4, 0.5) is 0 Å². The summed E-state index contributed by atoms with van der Waals surface area (Å²) in [6, 6.07) is 10.3. The predicted molar refractivity (Wildman–Crippen MR) is 69.4 cm³/mol. The molecule has 16 heavy (non-hydrogen) atoms.